The molecule has 0 heterocycles. The van der Waals surface area contributed by atoms with E-state index in [-0.39, 0.29) is 11.2 Å². The summed E-state index contributed by atoms with van der Waals surface area (Å²) in [7, 11) is 0. The molecule has 0 N–H and O–H groups in total. The third-order valence-electron chi connectivity index (χ3n) is 3.44. The second-order valence-corrected chi connectivity index (χ2v) is 4.75. The van der Waals surface area contributed by atoms with Crippen LogP contribution in [0.15, 0.2) is 24.3 Å². The van der Waals surface area contributed by atoms with Gasteiger partial charge in [0.2, 0.25) is 0 Å². The number of hydrogen-bond acceptors (Lipinski definition) is 2. The Balaban J connectivity index is 2.35. The molecule has 1 unspecified atom stereocenters. The Morgan fingerprint density at radius 3 is 2.69 bits per heavy atom. The summed E-state index contributed by atoms with van der Waals surface area (Å²) in [5, 5.41) is 9.14. The Morgan fingerprint density at radius 1 is 1.25 bits per heavy atom. The summed E-state index contributed by atoms with van der Waals surface area (Å²) in [5.74, 6) is 0.178. The lowest BCUT2D eigenvalue weighted by Crippen LogP contribution is -2.20. The van der Waals surface area contributed by atoms with E-state index < -0.39 is 0 Å². The zero-order valence-corrected chi connectivity index (χ0v) is 9.49. The third kappa shape index (κ3) is 1.99. The molecule has 1 aliphatic rings. The second kappa shape index (κ2) is 4.09. The molecule has 0 fully saturated rings. The predicted molar refractivity (Wildman–Crippen MR) is 62.0 cm³/mol. The molecule has 1 aliphatic carbocycles. The van der Waals surface area contributed by atoms with Crippen molar-refractivity contribution in [1.82, 2.24) is 0 Å². The first-order valence-corrected chi connectivity index (χ1v) is 5.67. The van der Waals surface area contributed by atoms with Gasteiger partial charge in [-0.1, -0.05) is 24.3 Å². The van der Waals surface area contributed by atoms with E-state index in [2.05, 4.69) is 6.07 Å². The van der Waals surface area contributed by atoms with Crippen molar-refractivity contribution >= 4 is 5.78 Å². The molecule has 0 aromatic heterocycles. The quantitative estimate of drug-likeness (QED) is 0.664. The number of carbonyl (C=O) groups is 1. The molecular formula is C14H15NO. The van der Waals surface area contributed by atoms with E-state index in [1.165, 1.54) is 0 Å². The van der Waals surface area contributed by atoms with Gasteiger partial charge in [0.25, 0.3) is 0 Å². The third-order valence-corrected chi connectivity index (χ3v) is 3.44. The van der Waals surface area contributed by atoms with Crippen molar-refractivity contribution in [1.29, 1.82) is 5.26 Å². The smallest absolute Gasteiger partial charge is 0.163 e. The molecule has 1 atom stereocenters. The summed E-state index contributed by atoms with van der Waals surface area (Å²) in [6.07, 6.45) is 2.83. The van der Waals surface area contributed by atoms with Gasteiger partial charge in [-0.3, -0.25) is 4.79 Å². The van der Waals surface area contributed by atoms with E-state index in [1.807, 2.05) is 31.2 Å². The van der Waals surface area contributed by atoms with Crippen molar-refractivity contribution in [3.05, 3.63) is 35.4 Å². The summed E-state index contributed by atoms with van der Waals surface area (Å²) in [6, 6.07) is 10.1. The normalized spacial score (nSPS) is 25.1. The zero-order valence-electron chi connectivity index (χ0n) is 9.49. The van der Waals surface area contributed by atoms with Gasteiger partial charge in [-0.05, 0) is 31.7 Å². The molecule has 2 nitrogen and oxygen atoms in total. The minimum atomic E-state index is -0.344. The topological polar surface area (TPSA) is 40.9 Å². The fourth-order valence-electron chi connectivity index (χ4n) is 2.18. The Bertz CT molecular complexity index is 458. The van der Waals surface area contributed by atoms with E-state index in [4.69, 9.17) is 5.26 Å². The van der Waals surface area contributed by atoms with Crippen molar-refractivity contribution in [2.24, 2.45) is 5.41 Å². The van der Waals surface area contributed by atoms with Crippen LogP contribution in [0.5, 0.6) is 0 Å². The Hall–Kier alpha value is -1.62. The largest absolute Gasteiger partial charge is 0.294 e. The highest BCUT2D eigenvalue weighted by atomic mass is 16.1. The van der Waals surface area contributed by atoms with Crippen LogP contribution in [0.4, 0.5) is 0 Å². The van der Waals surface area contributed by atoms with Crippen LogP contribution >= 0.6 is 0 Å². The molecule has 82 valence electrons. The maximum atomic E-state index is 12.0. The average molecular weight is 213 g/mol. The highest BCUT2D eigenvalue weighted by Crippen LogP contribution is 2.32. The van der Waals surface area contributed by atoms with Crippen molar-refractivity contribution in [2.75, 3.05) is 0 Å². The highest BCUT2D eigenvalue weighted by molar-refractivity contribution is 5.97. The molecule has 0 bridgehead atoms. The lowest BCUT2D eigenvalue weighted by molar-refractivity contribution is 0.0962. The van der Waals surface area contributed by atoms with Crippen LogP contribution in [0, 0.1) is 16.7 Å². The van der Waals surface area contributed by atoms with Gasteiger partial charge < -0.3 is 0 Å². The number of ketones is 1. The lowest BCUT2D eigenvalue weighted by Gasteiger charge is -2.24. The molecule has 0 saturated carbocycles. The predicted octanol–water partition coefficient (Wildman–Crippen LogP) is 3.13. The molecule has 0 saturated heterocycles. The monoisotopic (exact) mass is 213 g/mol. The Labute approximate surface area is 95.9 Å². The number of rotatable bonds is 0. The standard InChI is InChI=1S/C14H15NO/c1-14(10-15)8-6-11-4-2-3-5-12(11)13(16)7-9-14/h2-5H,6-9H2,1H3. The number of nitriles is 1. The molecule has 2 heteroatoms. The van der Waals surface area contributed by atoms with Gasteiger partial charge in [-0.15, -0.1) is 0 Å². The SMILES string of the molecule is CC1(C#N)CCC(=O)c2ccccc2CC1. The minimum Gasteiger partial charge on any atom is -0.294 e. The molecule has 1 aromatic rings. The molecule has 0 radical (unpaired) electrons. The van der Waals surface area contributed by atoms with Crippen LogP contribution in [0.2, 0.25) is 0 Å². The zero-order chi connectivity index (χ0) is 11.6. The summed E-state index contributed by atoms with van der Waals surface area (Å²) in [4.78, 5) is 12.0. The number of benzene rings is 1. The molecule has 1 aromatic carbocycles. The number of hydrogen-bond donors (Lipinski definition) is 0. The van der Waals surface area contributed by atoms with Crippen molar-refractivity contribution in [3.63, 3.8) is 0 Å². The van der Waals surface area contributed by atoms with E-state index >= 15 is 0 Å². The molecule has 2 rings (SSSR count). The number of Topliss-reactive ketones (excluding diaryl/α,β-unsaturated/α-hetero) is 1. The Kier molecular flexibility index (Phi) is 2.78. The Morgan fingerprint density at radius 2 is 1.94 bits per heavy atom. The van der Waals surface area contributed by atoms with Crippen molar-refractivity contribution < 1.29 is 4.79 Å². The minimum absolute atomic E-state index is 0.178. The molecular weight excluding hydrogens is 198 g/mol. The molecule has 0 amide bonds. The maximum absolute atomic E-state index is 12.0. The fraction of sp³-hybridized carbons (Fsp3) is 0.429. The van der Waals surface area contributed by atoms with Crippen LogP contribution in [0.3, 0.4) is 0 Å². The van der Waals surface area contributed by atoms with E-state index in [1.54, 1.807) is 0 Å². The lowest BCUT2D eigenvalue weighted by atomic mass is 9.77. The van der Waals surface area contributed by atoms with Crippen molar-refractivity contribution in [2.45, 2.75) is 32.6 Å². The first kappa shape index (κ1) is 10.9. The summed E-state index contributed by atoms with van der Waals surface area (Å²) < 4.78 is 0. The molecule has 0 aliphatic heterocycles. The van der Waals surface area contributed by atoms with Gasteiger partial charge in [0.05, 0.1) is 11.5 Å². The van der Waals surface area contributed by atoms with E-state index in [0.29, 0.717) is 12.8 Å². The summed E-state index contributed by atoms with van der Waals surface area (Å²) in [6.45, 7) is 1.95. The highest BCUT2D eigenvalue weighted by Gasteiger charge is 2.28. The van der Waals surface area contributed by atoms with Gasteiger partial charge in [0.1, 0.15) is 0 Å². The maximum Gasteiger partial charge on any atom is 0.163 e. The second-order valence-electron chi connectivity index (χ2n) is 4.75. The number of nitrogens with zero attached hydrogens (tertiary/aromatic N) is 1. The van der Waals surface area contributed by atoms with E-state index in [9.17, 15) is 4.79 Å². The summed E-state index contributed by atoms with van der Waals surface area (Å²) in [5.41, 5.74) is 1.60. The van der Waals surface area contributed by atoms with Crippen LogP contribution in [0.1, 0.15) is 42.1 Å². The van der Waals surface area contributed by atoms with Gasteiger partial charge >= 0.3 is 0 Å². The number of carbonyl (C=O) groups excluding carboxylic acids is 1. The fourth-order valence-corrected chi connectivity index (χ4v) is 2.18. The van der Waals surface area contributed by atoms with Crippen LogP contribution in [0.25, 0.3) is 0 Å². The van der Waals surface area contributed by atoms with Gasteiger partial charge in [0.15, 0.2) is 5.78 Å². The van der Waals surface area contributed by atoms with Crippen molar-refractivity contribution in [3.8, 4) is 6.07 Å². The number of fused-ring (bicyclic) bond motifs is 1. The first-order chi connectivity index (χ1) is 7.64. The van der Waals surface area contributed by atoms with Gasteiger partial charge in [0, 0.05) is 12.0 Å². The van der Waals surface area contributed by atoms with Crippen LogP contribution < -0.4 is 0 Å². The van der Waals surface area contributed by atoms with Crippen LogP contribution in [-0.4, -0.2) is 5.78 Å². The van der Waals surface area contributed by atoms with Gasteiger partial charge in [-0.25, -0.2) is 0 Å². The number of aryl methyl sites for hydroxylation is 1. The summed E-state index contributed by atoms with van der Waals surface area (Å²) >= 11 is 0. The van der Waals surface area contributed by atoms with E-state index in [0.717, 1.165) is 24.0 Å². The van der Waals surface area contributed by atoms with Crippen LogP contribution in [-0.2, 0) is 6.42 Å². The first-order valence-electron chi connectivity index (χ1n) is 5.67. The molecule has 16 heavy (non-hydrogen) atoms. The average Bonchev–Trinajstić information content (AvgIpc) is 2.32. The van der Waals surface area contributed by atoms with Gasteiger partial charge in [-0.2, -0.15) is 5.26 Å². The molecule has 0 spiro atoms.